The molecule has 0 bridgehead atoms. The molecule has 1 atom stereocenters. The molecule has 5 nitrogen and oxygen atoms in total. The fraction of sp³-hybridized carbons (Fsp3) is 1.00. The summed E-state index contributed by atoms with van der Waals surface area (Å²) < 4.78 is 10.6. The summed E-state index contributed by atoms with van der Waals surface area (Å²) in [5, 5.41) is 21.1. The van der Waals surface area contributed by atoms with E-state index in [1.165, 1.54) is 5.06 Å². The summed E-state index contributed by atoms with van der Waals surface area (Å²) in [4.78, 5) is 0. The molecule has 0 aromatic heterocycles. The van der Waals surface area contributed by atoms with Crippen molar-refractivity contribution in [3.8, 4) is 0 Å². The zero-order valence-electron chi connectivity index (χ0n) is 12.1. The highest BCUT2D eigenvalue weighted by Crippen LogP contribution is 2.38. The minimum Gasteiger partial charge on any atom is -0.346 e. The molecule has 0 spiro atoms. The van der Waals surface area contributed by atoms with Gasteiger partial charge in [-0.3, -0.25) is 0 Å². The van der Waals surface area contributed by atoms with E-state index >= 15 is 0 Å². The van der Waals surface area contributed by atoms with E-state index in [0.29, 0.717) is 19.4 Å². The van der Waals surface area contributed by atoms with Crippen LogP contribution in [0.1, 0.15) is 53.9 Å². The van der Waals surface area contributed by atoms with Crippen LogP contribution < -0.4 is 0 Å². The number of hydroxylamine groups is 2. The number of hydrogen-bond acceptors (Lipinski definition) is 5. The van der Waals surface area contributed by atoms with Gasteiger partial charge >= 0.3 is 0 Å². The molecular weight excluding hydrogens is 234 g/mol. The molecule has 0 amide bonds. The van der Waals surface area contributed by atoms with Gasteiger partial charge < -0.3 is 19.8 Å². The van der Waals surface area contributed by atoms with Gasteiger partial charge in [-0.1, -0.05) is 6.92 Å². The summed E-state index contributed by atoms with van der Waals surface area (Å²) in [5.41, 5.74) is -0.756. The minimum atomic E-state index is -1.17. The SMILES string of the molecule is CCCOC(O)OC1CC(C)(C)N(O)C(C)(C)C1. The Kier molecular flexibility index (Phi) is 5.14. The number of aliphatic hydroxyl groups is 1. The topological polar surface area (TPSA) is 62.2 Å². The number of piperidine rings is 1. The molecule has 2 N–H and O–H groups in total. The maximum atomic E-state index is 10.1. The summed E-state index contributed by atoms with van der Waals surface area (Å²) >= 11 is 0. The lowest BCUT2D eigenvalue weighted by Gasteiger charge is -2.51. The largest absolute Gasteiger partial charge is 0.346 e. The standard InChI is InChI=1S/C13H27NO4/c1-6-7-17-11(15)18-10-8-12(2,3)14(16)13(4,5)9-10/h10-11,15-16H,6-9H2,1-5H3. The molecular formula is C13H27NO4. The van der Waals surface area contributed by atoms with Crippen molar-refractivity contribution in [1.29, 1.82) is 0 Å². The number of ether oxygens (including phenoxy) is 2. The Labute approximate surface area is 110 Å². The molecule has 0 saturated carbocycles. The van der Waals surface area contributed by atoms with Gasteiger partial charge in [0.15, 0.2) is 0 Å². The van der Waals surface area contributed by atoms with Gasteiger partial charge in [0.05, 0.1) is 12.7 Å². The first kappa shape index (κ1) is 15.9. The molecule has 18 heavy (non-hydrogen) atoms. The van der Waals surface area contributed by atoms with Crippen LogP contribution in [0.4, 0.5) is 0 Å². The van der Waals surface area contributed by atoms with E-state index < -0.39 is 6.48 Å². The fourth-order valence-electron chi connectivity index (χ4n) is 2.70. The van der Waals surface area contributed by atoms with Crippen LogP contribution in [0.2, 0.25) is 0 Å². The first-order valence-corrected chi connectivity index (χ1v) is 6.63. The van der Waals surface area contributed by atoms with E-state index in [0.717, 1.165) is 6.42 Å². The van der Waals surface area contributed by atoms with Crippen LogP contribution >= 0.6 is 0 Å². The van der Waals surface area contributed by atoms with Crippen LogP contribution in [0.5, 0.6) is 0 Å². The van der Waals surface area contributed by atoms with Gasteiger partial charge in [-0.2, -0.15) is 5.06 Å². The Morgan fingerprint density at radius 1 is 1.22 bits per heavy atom. The van der Waals surface area contributed by atoms with E-state index in [1.54, 1.807) is 0 Å². The van der Waals surface area contributed by atoms with Gasteiger partial charge in [-0.15, -0.1) is 0 Å². The van der Waals surface area contributed by atoms with Gasteiger partial charge in [0.2, 0.25) is 0 Å². The zero-order valence-corrected chi connectivity index (χ0v) is 12.1. The zero-order chi connectivity index (χ0) is 14.0. The van der Waals surface area contributed by atoms with Crippen molar-refractivity contribution in [3.63, 3.8) is 0 Å². The molecule has 5 heteroatoms. The van der Waals surface area contributed by atoms with E-state index in [1.807, 2.05) is 34.6 Å². The molecule has 0 aromatic rings. The van der Waals surface area contributed by atoms with Crippen LogP contribution in [-0.2, 0) is 9.47 Å². The lowest BCUT2D eigenvalue weighted by Crippen LogP contribution is -2.60. The third-order valence-electron chi connectivity index (χ3n) is 3.37. The number of rotatable bonds is 5. The third kappa shape index (κ3) is 3.90. The monoisotopic (exact) mass is 261 g/mol. The van der Waals surface area contributed by atoms with Crippen LogP contribution in [0.25, 0.3) is 0 Å². The number of aliphatic hydroxyl groups excluding tert-OH is 1. The van der Waals surface area contributed by atoms with Crippen molar-refractivity contribution >= 4 is 0 Å². The Bertz CT molecular complexity index is 250. The van der Waals surface area contributed by atoms with Crippen LogP contribution in [0.15, 0.2) is 0 Å². The quantitative estimate of drug-likeness (QED) is 0.742. The summed E-state index contributed by atoms with van der Waals surface area (Å²) in [5.74, 6) is 0. The Hall–Kier alpha value is -0.200. The van der Waals surface area contributed by atoms with Crippen molar-refractivity contribution in [1.82, 2.24) is 5.06 Å². The van der Waals surface area contributed by atoms with Crippen LogP contribution in [0.3, 0.4) is 0 Å². The molecule has 1 aliphatic rings. The van der Waals surface area contributed by atoms with Gasteiger partial charge in [-0.25, -0.2) is 0 Å². The normalized spacial score (nSPS) is 26.2. The number of nitrogens with zero attached hydrogens (tertiary/aromatic N) is 1. The van der Waals surface area contributed by atoms with Crippen molar-refractivity contribution < 1.29 is 19.8 Å². The van der Waals surface area contributed by atoms with Crippen molar-refractivity contribution in [2.45, 2.75) is 77.5 Å². The summed E-state index contributed by atoms with van der Waals surface area (Å²) in [6, 6.07) is 0. The molecule has 0 aliphatic carbocycles. The highest BCUT2D eigenvalue weighted by molar-refractivity contribution is 4.96. The molecule has 0 aromatic carbocycles. The third-order valence-corrected chi connectivity index (χ3v) is 3.37. The first-order chi connectivity index (χ1) is 8.19. The number of hydrogen-bond donors (Lipinski definition) is 2. The Morgan fingerprint density at radius 3 is 2.17 bits per heavy atom. The van der Waals surface area contributed by atoms with E-state index in [4.69, 9.17) is 9.47 Å². The molecule has 1 fully saturated rings. The van der Waals surface area contributed by atoms with E-state index in [9.17, 15) is 10.3 Å². The maximum absolute atomic E-state index is 10.1. The lowest BCUT2D eigenvalue weighted by atomic mass is 9.80. The van der Waals surface area contributed by atoms with E-state index in [2.05, 4.69) is 0 Å². The second-order valence-corrected chi connectivity index (χ2v) is 6.28. The highest BCUT2D eigenvalue weighted by atomic mass is 16.8. The molecule has 1 unspecified atom stereocenters. The first-order valence-electron chi connectivity index (χ1n) is 6.63. The Morgan fingerprint density at radius 2 is 1.72 bits per heavy atom. The fourth-order valence-corrected chi connectivity index (χ4v) is 2.70. The second kappa shape index (κ2) is 5.84. The molecule has 0 radical (unpaired) electrons. The average Bonchev–Trinajstić information content (AvgIpc) is 2.22. The Balaban J connectivity index is 2.58. The van der Waals surface area contributed by atoms with Gasteiger partial charge in [0.25, 0.3) is 6.48 Å². The molecule has 1 saturated heterocycles. The molecule has 1 rings (SSSR count). The predicted octanol–water partition coefficient (Wildman–Crippen LogP) is 2.12. The predicted molar refractivity (Wildman–Crippen MR) is 68.1 cm³/mol. The second-order valence-electron chi connectivity index (χ2n) is 6.28. The van der Waals surface area contributed by atoms with Gasteiger partial charge in [0, 0.05) is 11.1 Å². The van der Waals surface area contributed by atoms with Gasteiger partial charge in [0.1, 0.15) is 0 Å². The van der Waals surface area contributed by atoms with Crippen molar-refractivity contribution in [2.24, 2.45) is 0 Å². The van der Waals surface area contributed by atoms with Crippen LogP contribution in [-0.4, -0.2) is 45.6 Å². The van der Waals surface area contributed by atoms with Gasteiger partial charge in [-0.05, 0) is 47.0 Å². The maximum Gasteiger partial charge on any atom is 0.269 e. The average molecular weight is 261 g/mol. The smallest absolute Gasteiger partial charge is 0.269 e. The molecule has 1 aliphatic heterocycles. The van der Waals surface area contributed by atoms with Crippen molar-refractivity contribution in [2.75, 3.05) is 6.61 Å². The van der Waals surface area contributed by atoms with Crippen molar-refractivity contribution in [3.05, 3.63) is 0 Å². The van der Waals surface area contributed by atoms with Crippen LogP contribution in [0, 0.1) is 0 Å². The molecule has 1 heterocycles. The summed E-state index contributed by atoms with van der Waals surface area (Å²) in [6.07, 6.45) is 2.02. The van der Waals surface area contributed by atoms with E-state index in [-0.39, 0.29) is 17.2 Å². The lowest BCUT2D eigenvalue weighted by molar-refractivity contribution is -0.317. The highest BCUT2D eigenvalue weighted by Gasteiger charge is 2.45. The minimum absolute atomic E-state index is 0.120. The summed E-state index contributed by atoms with van der Waals surface area (Å²) in [6.45, 7) is 9.13. The molecule has 108 valence electrons. The summed E-state index contributed by atoms with van der Waals surface area (Å²) in [7, 11) is 0.